The van der Waals surface area contributed by atoms with Crippen molar-refractivity contribution in [3.05, 3.63) is 0 Å². The van der Waals surface area contributed by atoms with Crippen molar-refractivity contribution >= 4 is 0 Å². The summed E-state index contributed by atoms with van der Waals surface area (Å²) in [6.45, 7) is 0. The molecule has 0 aromatic heterocycles. The first-order chi connectivity index (χ1) is 5.45. The maximum absolute atomic E-state index is 1.56. The largest absolute Gasteiger partial charge is 0.0530 e. The van der Waals surface area contributed by atoms with E-state index in [-0.39, 0.29) is 0 Å². The predicted octanol–water partition coefficient (Wildman–Crippen LogP) is 3.76. The Hall–Kier alpha value is 0. The Morgan fingerprint density at radius 3 is 1.45 bits per heavy atom. The van der Waals surface area contributed by atoms with Gasteiger partial charge in [-0.15, -0.1) is 0 Å². The average molecular weight is 152 g/mol. The maximum Gasteiger partial charge on any atom is -0.0414 e. The van der Waals surface area contributed by atoms with Gasteiger partial charge in [-0.1, -0.05) is 57.8 Å². The summed E-state index contributed by atoms with van der Waals surface area (Å²) in [5.74, 6) is 2.25. The van der Waals surface area contributed by atoms with E-state index in [4.69, 9.17) is 0 Å². The zero-order valence-electron chi connectivity index (χ0n) is 7.52. The van der Waals surface area contributed by atoms with Crippen LogP contribution in [-0.4, -0.2) is 0 Å². The molecule has 0 aliphatic heterocycles. The molecule has 2 aliphatic rings. The molecule has 64 valence electrons. The molecule has 0 spiro atoms. The molecule has 2 aliphatic carbocycles. The Bertz CT molecular complexity index is 99.2. The lowest BCUT2D eigenvalue weighted by atomic mass is 9.87. The van der Waals surface area contributed by atoms with Crippen LogP contribution in [0.5, 0.6) is 0 Å². The van der Waals surface area contributed by atoms with Crippen molar-refractivity contribution in [3.8, 4) is 0 Å². The Morgan fingerprint density at radius 2 is 0.909 bits per heavy atom. The summed E-state index contributed by atoms with van der Waals surface area (Å²) in [5.41, 5.74) is 0. The van der Waals surface area contributed by atoms with Gasteiger partial charge >= 0.3 is 0 Å². The van der Waals surface area contributed by atoms with E-state index < -0.39 is 0 Å². The quantitative estimate of drug-likeness (QED) is 0.496. The molecule has 0 aromatic rings. The molecule has 2 atom stereocenters. The SMILES string of the molecule is C1CC[C@@H]2CCC[C@@H](C1)CC2. The lowest BCUT2D eigenvalue weighted by Crippen LogP contribution is -2.04. The van der Waals surface area contributed by atoms with E-state index in [1.807, 2.05) is 0 Å². The lowest BCUT2D eigenvalue weighted by Gasteiger charge is -2.19. The van der Waals surface area contributed by atoms with Crippen molar-refractivity contribution in [1.29, 1.82) is 0 Å². The van der Waals surface area contributed by atoms with Crippen LogP contribution in [0.25, 0.3) is 0 Å². The summed E-state index contributed by atoms with van der Waals surface area (Å²) < 4.78 is 0. The molecule has 2 saturated carbocycles. The fourth-order valence-electron chi connectivity index (χ4n) is 2.90. The van der Waals surface area contributed by atoms with E-state index in [9.17, 15) is 0 Å². The van der Waals surface area contributed by atoms with Crippen molar-refractivity contribution in [3.63, 3.8) is 0 Å². The van der Waals surface area contributed by atoms with Crippen molar-refractivity contribution in [2.45, 2.75) is 57.8 Å². The van der Waals surface area contributed by atoms with E-state index in [0.717, 1.165) is 11.8 Å². The van der Waals surface area contributed by atoms with Crippen LogP contribution in [0.3, 0.4) is 0 Å². The predicted molar refractivity (Wildman–Crippen MR) is 48.5 cm³/mol. The molecule has 0 unspecified atom stereocenters. The van der Waals surface area contributed by atoms with Crippen LogP contribution in [-0.2, 0) is 0 Å². The highest BCUT2D eigenvalue weighted by Gasteiger charge is 2.20. The van der Waals surface area contributed by atoms with Crippen LogP contribution in [0.4, 0.5) is 0 Å². The van der Waals surface area contributed by atoms with Crippen LogP contribution in [0.15, 0.2) is 0 Å². The summed E-state index contributed by atoms with van der Waals surface area (Å²) in [6, 6.07) is 0. The highest BCUT2D eigenvalue weighted by molar-refractivity contribution is 4.73. The zero-order valence-corrected chi connectivity index (χ0v) is 7.52. The van der Waals surface area contributed by atoms with Crippen molar-refractivity contribution < 1.29 is 0 Å². The Kier molecular flexibility index (Phi) is 2.50. The minimum Gasteiger partial charge on any atom is -0.0530 e. The fourth-order valence-corrected chi connectivity index (χ4v) is 2.90. The fraction of sp³-hybridized carbons (Fsp3) is 1.00. The van der Waals surface area contributed by atoms with E-state index in [1.165, 1.54) is 19.3 Å². The highest BCUT2D eigenvalue weighted by Crippen LogP contribution is 2.35. The normalized spacial score (nSPS) is 39.3. The average Bonchev–Trinajstić information content (AvgIpc) is 2.11. The Balaban J connectivity index is 1.97. The molecule has 0 aromatic carbocycles. The third-order valence-electron chi connectivity index (χ3n) is 3.68. The van der Waals surface area contributed by atoms with Gasteiger partial charge in [0.15, 0.2) is 0 Å². The first-order valence-electron chi connectivity index (χ1n) is 5.45. The second kappa shape index (κ2) is 3.60. The molecular weight excluding hydrogens is 132 g/mol. The van der Waals surface area contributed by atoms with Gasteiger partial charge in [-0.2, -0.15) is 0 Å². The van der Waals surface area contributed by atoms with Gasteiger partial charge in [0, 0.05) is 0 Å². The van der Waals surface area contributed by atoms with Crippen LogP contribution in [0.1, 0.15) is 57.8 Å². The summed E-state index contributed by atoms with van der Waals surface area (Å²) in [7, 11) is 0. The van der Waals surface area contributed by atoms with E-state index in [0.29, 0.717) is 0 Å². The van der Waals surface area contributed by atoms with Crippen LogP contribution in [0, 0.1) is 11.8 Å². The van der Waals surface area contributed by atoms with Crippen molar-refractivity contribution in [2.75, 3.05) is 0 Å². The third kappa shape index (κ3) is 1.98. The first kappa shape index (κ1) is 7.64. The van der Waals surface area contributed by atoms with Gasteiger partial charge in [0.25, 0.3) is 0 Å². The summed E-state index contributed by atoms with van der Waals surface area (Å²) in [5, 5.41) is 0. The molecule has 2 bridgehead atoms. The molecule has 0 saturated heterocycles. The molecule has 0 radical (unpaired) electrons. The molecule has 0 N–H and O–H groups in total. The minimum atomic E-state index is 1.13. The number of fused-ring (bicyclic) bond motifs is 3. The van der Waals surface area contributed by atoms with Crippen molar-refractivity contribution in [2.24, 2.45) is 11.8 Å². The lowest BCUT2D eigenvalue weighted by molar-refractivity contribution is 0.342. The topological polar surface area (TPSA) is 0 Å². The third-order valence-corrected chi connectivity index (χ3v) is 3.68. The van der Waals surface area contributed by atoms with Gasteiger partial charge in [-0.25, -0.2) is 0 Å². The second-order valence-corrected chi connectivity index (χ2v) is 4.52. The van der Waals surface area contributed by atoms with E-state index in [2.05, 4.69) is 0 Å². The number of hydrogen-bond acceptors (Lipinski definition) is 0. The molecule has 11 heavy (non-hydrogen) atoms. The summed E-state index contributed by atoms with van der Waals surface area (Å²) >= 11 is 0. The smallest absolute Gasteiger partial charge is 0.0414 e. The van der Waals surface area contributed by atoms with Gasteiger partial charge in [0.1, 0.15) is 0 Å². The monoisotopic (exact) mass is 152 g/mol. The Morgan fingerprint density at radius 1 is 0.455 bits per heavy atom. The maximum atomic E-state index is 1.56. The second-order valence-electron chi connectivity index (χ2n) is 4.52. The van der Waals surface area contributed by atoms with Crippen molar-refractivity contribution in [1.82, 2.24) is 0 Å². The van der Waals surface area contributed by atoms with Gasteiger partial charge in [-0.05, 0) is 11.8 Å². The molecule has 2 fully saturated rings. The molecular formula is C11H20. The van der Waals surface area contributed by atoms with Crippen LogP contribution >= 0.6 is 0 Å². The molecule has 0 heterocycles. The number of hydrogen-bond donors (Lipinski definition) is 0. The zero-order chi connectivity index (χ0) is 7.52. The van der Waals surface area contributed by atoms with E-state index in [1.54, 1.807) is 38.5 Å². The van der Waals surface area contributed by atoms with Gasteiger partial charge < -0.3 is 0 Å². The Labute approximate surface area is 70.4 Å². The minimum absolute atomic E-state index is 1.13. The summed E-state index contributed by atoms with van der Waals surface area (Å²) in [6.07, 6.45) is 13.9. The van der Waals surface area contributed by atoms with Gasteiger partial charge in [-0.3, -0.25) is 0 Å². The van der Waals surface area contributed by atoms with E-state index >= 15 is 0 Å². The standard InChI is InChI=1S/C11H20/c1-2-5-11-7-3-6-10(4-1)8-9-11/h10-11H,1-9H2/t10-,11-/m1/s1. The summed E-state index contributed by atoms with van der Waals surface area (Å²) in [4.78, 5) is 0. The highest BCUT2D eigenvalue weighted by atomic mass is 14.3. The molecule has 0 heteroatoms. The molecule has 0 nitrogen and oxygen atoms in total. The van der Waals surface area contributed by atoms with Crippen LogP contribution < -0.4 is 0 Å². The van der Waals surface area contributed by atoms with Crippen LogP contribution in [0.2, 0.25) is 0 Å². The first-order valence-corrected chi connectivity index (χ1v) is 5.45. The molecule has 0 amide bonds. The van der Waals surface area contributed by atoms with Gasteiger partial charge in [0.05, 0.1) is 0 Å². The molecule has 2 rings (SSSR count). The van der Waals surface area contributed by atoms with Gasteiger partial charge in [0.2, 0.25) is 0 Å². The number of rotatable bonds is 0.